The van der Waals surface area contributed by atoms with Crippen molar-refractivity contribution in [1.29, 1.82) is 0 Å². The van der Waals surface area contributed by atoms with E-state index < -0.39 is 63.6 Å². The van der Waals surface area contributed by atoms with Gasteiger partial charge in [0, 0.05) is 41.3 Å². The number of aromatic nitrogens is 1. The van der Waals surface area contributed by atoms with Gasteiger partial charge in [-0.3, -0.25) is 4.79 Å². The van der Waals surface area contributed by atoms with Gasteiger partial charge >= 0.3 is 70.9 Å². The van der Waals surface area contributed by atoms with Crippen molar-refractivity contribution < 1.29 is 112 Å². The summed E-state index contributed by atoms with van der Waals surface area (Å²) >= 11 is 6.39. The Morgan fingerprint density at radius 2 is 1.55 bits per heavy atom. The normalized spacial score (nSPS) is 17.3. The van der Waals surface area contributed by atoms with Gasteiger partial charge in [-0.25, -0.2) is 29.8 Å². The van der Waals surface area contributed by atoms with Crippen LogP contribution in [0.2, 0.25) is 5.02 Å². The number of aliphatic imine (C=N–C) groups is 1. The van der Waals surface area contributed by atoms with Crippen LogP contribution in [0.1, 0.15) is 64.5 Å². The molecule has 0 bridgehead atoms. The molecular formula is C33H38ClN3Na2O11S3. The Morgan fingerprint density at radius 1 is 0.925 bits per heavy atom. The number of fused-ring (bicyclic) bond motifs is 2. The van der Waals surface area contributed by atoms with Crippen LogP contribution in [0.4, 0.5) is 11.5 Å². The Kier molecular flexibility index (Phi) is 16.4. The van der Waals surface area contributed by atoms with Gasteiger partial charge < -0.3 is 23.7 Å². The SMILES string of the molecule is CC1(C)C(/C=C/C(=C/C=C2/N(CCCS(=O)(=O)[O-])c3ccc(S(=O)(=O)[O-])cc3C2(C)C)CCC(=O)O)=Nc2c1cc(Cl)c[n+]2CCCS(=O)(=O)[O-].[Na+].[Na+]. The predicted octanol–water partition coefficient (Wildman–Crippen LogP) is -2.20. The van der Waals surface area contributed by atoms with E-state index in [9.17, 15) is 48.8 Å². The molecule has 0 saturated carbocycles. The van der Waals surface area contributed by atoms with Crippen molar-refractivity contribution in [3.63, 3.8) is 0 Å². The molecule has 0 unspecified atom stereocenters. The molecule has 53 heavy (non-hydrogen) atoms. The maximum Gasteiger partial charge on any atom is 1.00 e. The zero-order chi connectivity index (χ0) is 38.2. The van der Waals surface area contributed by atoms with Crippen LogP contribution in [-0.4, -0.2) is 73.7 Å². The first-order chi connectivity index (χ1) is 23.4. The van der Waals surface area contributed by atoms with Gasteiger partial charge in [-0.15, -0.1) is 0 Å². The molecule has 4 rings (SSSR count). The first-order valence-corrected chi connectivity index (χ1v) is 20.7. The molecule has 3 heterocycles. The van der Waals surface area contributed by atoms with E-state index in [1.54, 1.807) is 59.9 Å². The van der Waals surface area contributed by atoms with Gasteiger partial charge in [0.25, 0.3) is 0 Å². The Hall–Kier alpha value is -1.45. The Morgan fingerprint density at radius 3 is 2.13 bits per heavy atom. The van der Waals surface area contributed by atoms with Crippen molar-refractivity contribution in [2.24, 2.45) is 4.99 Å². The van der Waals surface area contributed by atoms with Crippen LogP contribution in [0.5, 0.6) is 0 Å². The Bertz CT molecular complexity index is 2200. The third-order valence-corrected chi connectivity index (χ3v) is 11.5. The van der Waals surface area contributed by atoms with Gasteiger partial charge in [0.1, 0.15) is 16.3 Å². The van der Waals surface area contributed by atoms with E-state index in [4.69, 9.17) is 16.6 Å². The monoisotopic (exact) mass is 829 g/mol. The average Bonchev–Trinajstić information content (AvgIpc) is 3.36. The quantitative estimate of drug-likeness (QED) is 0.0874. The minimum Gasteiger partial charge on any atom is -0.748 e. The molecule has 2 aromatic rings. The molecule has 0 radical (unpaired) electrons. The molecule has 1 aromatic carbocycles. The summed E-state index contributed by atoms with van der Waals surface area (Å²) in [5.41, 5.74) is 1.96. The minimum atomic E-state index is -4.79. The molecule has 0 spiro atoms. The van der Waals surface area contributed by atoms with Crippen molar-refractivity contribution in [2.45, 2.75) is 75.6 Å². The van der Waals surface area contributed by atoms with E-state index >= 15 is 0 Å². The fraction of sp³-hybridized carbons (Fsp3) is 0.424. The first kappa shape index (κ1) is 47.7. The largest absolute Gasteiger partial charge is 1.00 e. The van der Waals surface area contributed by atoms with Crippen LogP contribution >= 0.6 is 11.6 Å². The van der Waals surface area contributed by atoms with E-state index in [0.717, 1.165) is 5.56 Å². The molecule has 14 nitrogen and oxygen atoms in total. The van der Waals surface area contributed by atoms with Crippen molar-refractivity contribution in [1.82, 2.24) is 0 Å². The molecule has 0 fully saturated rings. The molecule has 0 atom stereocenters. The number of carboxylic acid groups (broad SMARTS) is 1. The van der Waals surface area contributed by atoms with Crippen molar-refractivity contribution in [3.8, 4) is 0 Å². The summed E-state index contributed by atoms with van der Waals surface area (Å²) in [6, 6.07) is 5.66. The zero-order valence-corrected chi connectivity index (χ0v) is 37.5. The Balaban J connectivity index is 0.00000486. The molecule has 0 amide bonds. The van der Waals surface area contributed by atoms with Crippen LogP contribution < -0.4 is 68.6 Å². The minimum absolute atomic E-state index is 0. The molecule has 2 aliphatic heterocycles. The summed E-state index contributed by atoms with van der Waals surface area (Å²) in [6.07, 6.45) is 8.37. The number of nitrogens with zero attached hydrogens (tertiary/aromatic N) is 3. The van der Waals surface area contributed by atoms with E-state index in [2.05, 4.69) is 0 Å². The van der Waals surface area contributed by atoms with Crippen LogP contribution in [0.3, 0.4) is 0 Å². The number of allylic oxidation sites excluding steroid dienone is 6. The summed E-state index contributed by atoms with van der Waals surface area (Å²) in [6.45, 7) is 7.68. The first-order valence-electron chi connectivity index (χ1n) is 15.8. The van der Waals surface area contributed by atoms with Gasteiger partial charge in [-0.2, -0.15) is 0 Å². The van der Waals surface area contributed by atoms with Crippen molar-refractivity contribution in [2.75, 3.05) is 23.0 Å². The molecular weight excluding hydrogens is 792 g/mol. The number of aryl methyl sites for hydroxylation is 1. The van der Waals surface area contributed by atoms with Crippen LogP contribution in [0, 0.1) is 0 Å². The third-order valence-electron chi connectivity index (χ3n) is 8.87. The summed E-state index contributed by atoms with van der Waals surface area (Å²) in [7, 11) is -13.7. The van der Waals surface area contributed by atoms with E-state index in [1.165, 1.54) is 18.2 Å². The van der Waals surface area contributed by atoms with E-state index in [-0.39, 0.29) is 97.9 Å². The fourth-order valence-electron chi connectivity index (χ4n) is 6.20. The number of carbonyl (C=O) groups is 1. The summed E-state index contributed by atoms with van der Waals surface area (Å²) < 4.78 is 105. The Labute approximate surface area is 359 Å². The number of hydrogen-bond donors (Lipinski definition) is 1. The van der Waals surface area contributed by atoms with Gasteiger partial charge in [0.05, 0.1) is 47.7 Å². The van der Waals surface area contributed by atoms with Crippen LogP contribution in [0.15, 0.2) is 75.9 Å². The zero-order valence-electron chi connectivity index (χ0n) is 30.3. The number of rotatable bonds is 15. The second-order valence-electron chi connectivity index (χ2n) is 13.4. The van der Waals surface area contributed by atoms with Crippen molar-refractivity contribution >= 4 is 65.1 Å². The summed E-state index contributed by atoms with van der Waals surface area (Å²) in [4.78, 5) is 17.7. The topological polar surface area (TPSA) is 228 Å². The number of anilines is 1. The number of halogens is 1. The van der Waals surface area contributed by atoms with E-state index in [0.29, 0.717) is 39.1 Å². The number of aliphatic carboxylic acids is 1. The second kappa shape index (κ2) is 18.2. The predicted molar refractivity (Wildman–Crippen MR) is 187 cm³/mol. The molecule has 0 aliphatic carbocycles. The van der Waals surface area contributed by atoms with Gasteiger partial charge in [-0.1, -0.05) is 37.6 Å². The van der Waals surface area contributed by atoms with Gasteiger partial charge in [0.2, 0.25) is 0 Å². The standard InChI is InChI=1S/C33H40ClN3O11S3.2Na/c1-32(2)26-19-23(34)21-36(15-5-17-49(40,41)42)31(26)35-28(32)12-7-22(9-14-30(38)39)8-13-29-33(3,4)25-20-24(51(46,47)48)10-11-27(25)37(29)16-6-18-50(43,44)45;;/h7-8,10-13,19-21H,5-6,9,14-18H2,1-4H3,(H3-,38,39,40,41,42,43,44,45,46,47,48);;/q;2*+1/p-2. The molecule has 0 saturated heterocycles. The maximum absolute atomic E-state index is 11.8. The molecule has 2 aliphatic rings. The van der Waals surface area contributed by atoms with E-state index in [1.807, 2.05) is 13.8 Å². The summed E-state index contributed by atoms with van der Waals surface area (Å²) in [5.74, 6) is -1.69. The number of pyridine rings is 1. The maximum atomic E-state index is 11.8. The molecule has 278 valence electrons. The summed E-state index contributed by atoms with van der Waals surface area (Å²) in [5, 5.41) is 9.87. The van der Waals surface area contributed by atoms with Crippen molar-refractivity contribution in [3.05, 3.63) is 82.2 Å². The third kappa shape index (κ3) is 12.3. The molecule has 1 N–H and O–H groups in total. The molecule has 20 heteroatoms. The molecule has 1 aromatic heterocycles. The van der Waals surface area contributed by atoms with Gasteiger partial charge in [0.15, 0.2) is 5.71 Å². The number of benzene rings is 1. The van der Waals surface area contributed by atoms with Gasteiger partial charge in [-0.05, 0) is 85.7 Å². The van der Waals surface area contributed by atoms with Crippen LogP contribution in [0.25, 0.3) is 0 Å². The smallest absolute Gasteiger partial charge is 0.748 e. The average molecular weight is 830 g/mol. The second-order valence-corrected chi connectivity index (χ2v) is 18.2. The number of carboxylic acids is 1. The number of hydrogen-bond acceptors (Lipinski definition) is 12. The fourth-order valence-corrected chi connectivity index (χ4v) is 7.89. The van der Waals surface area contributed by atoms with Crippen LogP contribution in [-0.2, 0) is 52.5 Å².